The summed E-state index contributed by atoms with van der Waals surface area (Å²) in [5, 5.41) is 3.61. The van der Waals surface area contributed by atoms with Crippen LogP contribution in [0.25, 0.3) is 67.5 Å². The van der Waals surface area contributed by atoms with Gasteiger partial charge in [-0.15, -0.1) is 25.5 Å². The van der Waals surface area contributed by atoms with Gasteiger partial charge in [0.2, 0.25) is 0 Å². The number of allylic oxidation sites excluding steroid dienone is 18. The highest BCUT2D eigenvalue weighted by atomic mass is 16.5. The number of rotatable bonds is 17. The number of ether oxygens (including phenoxy) is 1. The van der Waals surface area contributed by atoms with Crippen molar-refractivity contribution >= 4 is 56.0 Å². The van der Waals surface area contributed by atoms with Crippen molar-refractivity contribution in [2.75, 3.05) is 6.61 Å². The molecule has 2 aliphatic rings. The van der Waals surface area contributed by atoms with Crippen LogP contribution in [0, 0.1) is 12.3 Å². The molecule has 4 nitrogen and oxygen atoms in total. The fraction of sp³-hybridized carbons (Fsp3) is 0.197. The Morgan fingerprint density at radius 3 is 2.34 bits per heavy atom. The summed E-state index contributed by atoms with van der Waals surface area (Å²) < 4.78 is 11.0. The van der Waals surface area contributed by atoms with Crippen molar-refractivity contribution < 1.29 is 4.74 Å². The standard InChI is InChI=1S/C59H55N3O.C3H4.2C2H6/c1-6-11-27-43(9-4)46-40-47(45-28-16-12-13-17-29-45)42-49(41-46)61-53-34-20-14-19-32-50(53)51-37-38-55-58(59(51)61)52-33-21-22-35-54(52)62(55)57-36-24-31-48(60-57)30-18-15-23-39-63-56(26-8-3)44(10-5)25-7-2;1-3-2;2*1-2/h6-13,15-16,19-24,27-29,31-38,40-42H,1-3,5,14,17-18,25-26,30,39H2,4H3;1H,2H3;2*1-2H3/b23-15-,27-11-,43-9+,56-44-;;;. The Hall–Kier alpha value is -7.87. The zero-order valence-corrected chi connectivity index (χ0v) is 42.4. The zero-order valence-electron chi connectivity index (χ0n) is 42.4. The predicted octanol–water partition coefficient (Wildman–Crippen LogP) is 18.4. The van der Waals surface area contributed by atoms with E-state index in [2.05, 4.69) is 207 Å². The van der Waals surface area contributed by atoms with Gasteiger partial charge in [-0.1, -0.05) is 174 Å². The number of terminal acetylenes is 1. The molecule has 0 aliphatic heterocycles. The maximum Gasteiger partial charge on any atom is 0.137 e. The Kier molecular flexibility index (Phi) is 21.1. The topological polar surface area (TPSA) is 32.0 Å². The molecule has 0 saturated carbocycles. The fourth-order valence-corrected chi connectivity index (χ4v) is 8.74. The molecule has 0 bridgehead atoms. The van der Waals surface area contributed by atoms with Gasteiger partial charge in [-0.3, -0.25) is 4.57 Å². The number of fused-ring (bicyclic) bond motifs is 7. The first-order chi connectivity index (χ1) is 34.5. The van der Waals surface area contributed by atoms with E-state index in [0.717, 1.165) is 76.4 Å². The van der Waals surface area contributed by atoms with Crippen molar-refractivity contribution in [1.29, 1.82) is 0 Å². The third kappa shape index (κ3) is 12.4. The Balaban J connectivity index is 0.00000124. The van der Waals surface area contributed by atoms with Crippen LogP contribution in [0.5, 0.6) is 0 Å². The summed E-state index contributed by atoms with van der Waals surface area (Å²) in [5.41, 5.74) is 13.7. The summed E-state index contributed by atoms with van der Waals surface area (Å²) in [6.45, 7) is 27.9. The predicted molar refractivity (Wildman–Crippen MR) is 309 cm³/mol. The molecule has 0 radical (unpaired) electrons. The molecule has 356 valence electrons. The molecule has 0 unspecified atom stereocenters. The minimum Gasteiger partial charge on any atom is -0.493 e. The molecular weight excluding hydrogens is 851 g/mol. The highest BCUT2D eigenvalue weighted by Gasteiger charge is 2.24. The quantitative estimate of drug-likeness (QED) is 0.0395. The zero-order chi connectivity index (χ0) is 50.3. The average molecular weight is 922 g/mol. The van der Waals surface area contributed by atoms with Crippen molar-refractivity contribution in [2.24, 2.45) is 0 Å². The van der Waals surface area contributed by atoms with Gasteiger partial charge in [-0.2, -0.15) is 0 Å². The van der Waals surface area contributed by atoms with E-state index in [1.165, 1.54) is 44.1 Å². The van der Waals surface area contributed by atoms with Crippen molar-refractivity contribution in [3.05, 3.63) is 236 Å². The molecule has 0 fully saturated rings. The molecule has 0 amide bonds. The van der Waals surface area contributed by atoms with Gasteiger partial charge < -0.3 is 9.30 Å². The van der Waals surface area contributed by atoms with Crippen LogP contribution in [0.3, 0.4) is 0 Å². The minimum atomic E-state index is 0.485. The number of hydrogen-bond donors (Lipinski definition) is 0. The summed E-state index contributed by atoms with van der Waals surface area (Å²) in [6.07, 6.45) is 47.5. The lowest BCUT2D eigenvalue weighted by Crippen LogP contribution is -2.01. The third-order valence-electron chi connectivity index (χ3n) is 11.6. The number of hydrogen-bond acceptors (Lipinski definition) is 2. The van der Waals surface area contributed by atoms with Gasteiger partial charge in [0.1, 0.15) is 18.2 Å². The second-order valence-electron chi connectivity index (χ2n) is 15.9. The van der Waals surface area contributed by atoms with Crippen LogP contribution in [0.2, 0.25) is 0 Å². The second kappa shape index (κ2) is 27.8. The van der Waals surface area contributed by atoms with E-state index in [4.69, 9.17) is 9.72 Å². The molecule has 3 aromatic heterocycles. The first-order valence-corrected chi connectivity index (χ1v) is 24.8. The van der Waals surface area contributed by atoms with Crippen LogP contribution < -0.4 is 0 Å². The molecule has 3 heterocycles. The van der Waals surface area contributed by atoms with E-state index in [0.29, 0.717) is 19.4 Å². The molecule has 70 heavy (non-hydrogen) atoms. The van der Waals surface area contributed by atoms with Gasteiger partial charge in [0.15, 0.2) is 0 Å². The Bertz CT molecular complexity index is 3130. The monoisotopic (exact) mass is 922 g/mol. The minimum absolute atomic E-state index is 0.485. The number of aryl methyl sites for hydroxylation is 1. The van der Waals surface area contributed by atoms with E-state index in [1.54, 1.807) is 6.92 Å². The largest absolute Gasteiger partial charge is 0.493 e. The van der Waals surface area contributed by atoms with E-state index >= 15 is 0 Å². The first kappa shape index (κ1) is 53.1. The highest BCUT2D eigenvalue weighted by molar-refractivity contribution is 6.22. The molecule has 0 N–H and O–H groups in total. The average Bonchev–Trinajstić information content (AvgIpc) is 3.58. The third-order valence-corrected chi connectivity index (χ3v) is 11.6. The molecule has 0 atom stereocenters. The normalized spacial score (nSPS) is 13.2. The van der Waals surface area contributed by atoms with Crippen LogP contribution in [0.4, 0.5) is 0 Å². The Morgan fingerprint density at radius 1 is 0.800 bits per heavy atom. The molecule has 6 aromatic rings. The summed E-state index contributed by atoms with van der Waals surface area (Å²) in [6, 6.07) is 26.8. The number of nitrogens with zero attached hydrogens (tertiary/aromatic N) is 3. The molecule has 8 rings (SSSR count). The summed E-state index contributed by atoms with van der Waals surface area (Å²) >= 11 is 0. The lowest BCUT2D eigenvalue weighted by Gasteiger charge is -2.16. The summed E-state index contributed by atoms with van der Waals surface area (Å²) in [5.74, 6) is 4.04. The molecule has 0 saturated heterocycles. The van der Waals surface area contributed by atoms with E-state index in [1.807, 2.05) is 58.1 Å². The number of pyridine rings is 1. The molecule has 3 aromatic carbocycles. The SMILES string of the molecule is C#CC.C=C/C=C\C(=C/C)c1cc(C2=CCC=CC=C2)cc(-n2c3c(c4ccc5c(c6ccccc6n5-c5cccc(CC/C=C\CO/C(CC=C)=C(/C=C)CC=C)n5)c42)C=CCC=C3)c1.CC.CC. The summed E-state index contributed by atoms with van der Waals surface area (Å²) in [7, 11) is 0. The lowest BCUT2D eigenvalue weighted by molar-refractivity contribution is 0.238. The molecule has 0 spiro atoms. The van der Waals surface area contributed by atoms with E-state index in [9.17, 15) is 0 Å². The Morgan fingerprint density at radius 2 is 1.59 bits per heavy atom. The van der Waals surface area contributed by atoms with Crippen molar-refractivity contribution in [1.82, 2.24) is 14.1 Å². The van der Waals surface area contributed by atoms with Gasteiger partial charge in [0.05, 0.1) is 22.2 Å². The molecule has 2 aliphatic carbocycles. The van der Waals surface area contributed by atoms with Crippen molar-refractivity contribution in [3.63, 3.8) is 0 Å². The van der Waals surface area contributed by atoms with Crippen molar-refractivity contribution in [2.45, 2.75) is 80.1 Å². The summed E-state index contributed by atoms with van der Waals surface area (Å²) in [4.78, 5) is 5.31. The van der Waals surface area contributed by atoms with Crippen LogP contribution >= 0.6 is 0 Å². The maximum atomic E-state index is 6.12. The smallest absolute Gasteiger partial charge is 0.137 e. The van der Waals surface area contributed by atoms with E-state index in [-0.39, 0.29) is 0 Å². The van der Waals surface area contributed by atoms with Crippen LogP contribution in [0.1, 0.15) is 102 Å². The number of benzene rings is 3. The van der Waals surface area contributed by atoms with Gasteiger partial charge >= 0.3 is 0 Å². The molecular formula is C66H71N3O. The Labute approximate surface area is 419 Å². The molecule has 4 heteroatoms. The number of para-hydroxylation sites is 1. The first-order valence-electron chi connectivity index (χ1n) is 24.8. The van der Waals surface area contributed by atoms with Gasteiger partial charge in [0, 0.05) is 39.5 Å². The van der Waals surface area contributed by atoms with Crippen LogP contribution in [-0.4, -0.2) is 20.7 Å². The highest BCUT2D eigenvalue weighted by Crippen LogP contribution is 2.43. The second-order valence-corrected chi connectivity index (χ2v) is 15.9. The lowest BCUT2D eigenvalue weighted by atomic mass is 9.96. The van der Waals surface area contributed by atoms with Gasteiger partial charge in [0.25, 0.3) is 0 Å². The van der Waals surface area contributed by atoms with Crippen LogP contribution in [-0.2, 0) is 11.2 Å². The van der Waals surface area contributed by atoms with Crippen molar-refractivity contribution in [3.8, 4) is 23.8 Å². The van der Waals surface area contributed by atoms with Crippen LogP contribution in [0.15, 0.2) is 208 Å². The number of aromatic nitrogens is 3. The van der Waals surface area contributed by atoms with Gasteiger partial charge in [-0.25, -0.2) is 4.98 Å². The van der Waals surface area contributed by atoms with Gasteiger partial charge in [-0.05, 0) is 122 Å². The van der Waals surface area contributed by atoms with E-state index < -0.39 is 0 Å². The fourth-order valence-electron chi connectivity index (χ4n) is 8.74. The maximum absolute atomic E-state index is 6.12.